The number of aliphatic imine (C=N–C) groups is 1. The first kappa shape index (κ1) is 20.3. The van der Waals surface area contributed by atoms with E-state index in [0.29, 0.717) is 12.5 Å². The van der Waals surface area contributed by atoms with E-state index in [1.165, 1.54) is 12.8 Å². The van der Waals surface area contributed by atoms with Gasteiger partial charge in [-0.2, -0.15) is 0 Å². The van der Waals surface area contributed by atoms with Crippen LogP contribution in [0.25, 0.3) is 0 Å². The lowest BCUT2D eigenvalue weighted by Gasteiger charge is -2.20. The molecular formula is C19H26IN5O. The summed E-state index contributed by atoms with van der Waals surface area (Å²) >= 11 is 0. The Morgan fingerprint density at radius 1 is 1.19 bits per heavy atom. The number of rotatable bonds is 5. The zero-order chi connectivity index (χ0) is 17.6. The highest BCUT2D eigenvalue weighted by Crippen LogP contribution is 2.23. The van der Waals surface area contributed by atoms with Crippen molar-refractivity contribution in [3.63, 3.8) is 0 Å². The van der Waals surface area contributed by atoms with Crippen molar-refractivity contribution in [1.82, 2.24) is 4.98 Å². The zero-order valence-electron chi connectivity index (χ0n) is 15.2. The highest BCUT2D eigenvalue weighted by atomic mass is 127. The lowest BCUT2D eigenvalue weighted by molar-refractivity contribution is 0.415. The molecule has 26 heavy (non-hydrogen) atoms. The number of aromatic nitrogens is 1. The van der Waals surface area contributed by atoms with Crippen LogP contribution in [0.5, 0.6) is 5.75 Å². The molecule has 1 fully saturated rings. The molecular weight excluding hydrogens is 441 g/mol. The van der Waals surface area contributed by atoms with E-state index >= 15 is 0 Å². The molecule has 1 aliphatic rings. The number of methoxy groups -OCH3 is 1. The van der Waals surface area contributed by atoms with Gasteiger partial charge in [-0.05, 0) is 50.1 Å². The second-order valence-electron chi connectivity index (χ2n) is 6.18. The van der Waals surface area contributed by atoms with E-state index in [1.54, 1.807) is 7.11 Å². The van der Waals surface area contributed by atoms with Gasteiger partial charge < -0.3 is 20.7 Å². The Labute approximate surface area is 171 Å². The van der Waals surface area contributed by atoms with Crippen molar-refractivity contribution in [3.05, 3.63) is 47.7 Å². The number of pyridine rings is 1. The monoisotopic (exact) mass is 467 g/mol. The number of hydrogen-bond acceptors (Lipinski definition) is 4. The van der Waals surface area contributed by atoms with Gasteiger partial charge >= 0.3 is 0 Å². The van der Waals surface area contributed by atoms with Gasteiger partial charge in [0.05, 0.1) is 13.7 Å². The van der Waals surface area contributed by atoms with Crippen molar-refractivity contribution in [2.75, 3.05) is 30.4 Å². The van der Waals surface area contributed by atoms with Crippen molar-refractivity contribution >= 4 is 41.4 Å². The molecule has 1 aromatic heterocycles. The summed E-state index contributed by atoms with van der Waals surface area (Å²) in [5.41, 5.74) is 9.04. The van der Waals surface area contributed by atoms with E-state index < -0.39 is 0 Å². The third-order valence-electron chi connectivity index (χ3n) is 4.28. The quantitative estimate of drug-likeness (QED) is 0.400. The lowest BCUT2D eigenvalue weighted by Crippen LogP contribution is -2.23. The predicted octanol–water partition coefficient (Wildman–Crippen LogP) is 3.54. The number of halogens is 1. The summed E-state index contributed by atoms with van der Waals surface area (Å²) in [6, 6.07) is 11.7. The van der Waals surface area contributed by atoms with Gasteiger partial charge in [-0.25, -0.2) is 9.98 Å². The topological polar surface area (TPSA) is 75.8 Å². The standard InChI is InChI=1S/C19H25N5O.HI/c1-14-5-6-15(18(22-14)24-11-3-4-12-24)13-21-19(20)23-16-7-9-17(25-2)10-8-16;/h5-10H,3-4,11-13H2,1-2H3,(H3,20,21,23);1H. The molecule has 0 bridgehead atoms. The fourth-order valence-electron chi connectivity index (χ4n) is 2.93. The second-order valence-corrected chi connectivity index (χ2v) is 6.18. The Kier molecular flexibility index (Phi) is 7.50. The number of nitrogens with one attached hydrogen (secondary N) is 1. The molecule has 0 amide bonds. The molecule has 3 rings (SSSR count). The summed E-state index contributed by atoms with van der Waals surface area (Å²) in [5.74, 6) is 2.23. The molecule has 0 radical (unpaired) electrons. The average Bonchev–Trinajstić information content (AvgIpc) is 3.16. The molecule has 140 valence electrons. The average molecular weight is 467 g/mol. The van der Waals surface area contributed by atoms with E-state index in [4.69, 9.17) is 15.5 Å². The summed E-state index contributed by atoms with van der Waals surface area (Å²) < 4.78 is 5.15. The highest BCUT2D eigenvalue weighted by molar-refractivity contribution is 14.0. The minimum Gasteiger partial charge on any atom is -0.497 e. The number of ether oxygens (including phenoxy) is 1. The number of benzene rings is 1. The first-order valence-corrected chi connectivity index (χ1v) is 8.58. The van der Waals surface area contributed by atoms with E-state index in [9.17, 15) is 0 Å². The van der Waals surface area contributed by atoms with Crippen LogP contribution in [0.4, 0.5) is 11.5 Å². The van der Waals surface area contributed by atoms with Gasteiger partial charge in [-0.15, -0.1) is 24.0 Å². The normalized spacial score (nSPS) is 14.1. The lowest BCUT2D eigenvalue weighted by atomic mass is 10.2. The smallest absolute Gasteiger partial charge is 0.193 e. The summed E-state index contributed by atoms with van der Waals surface area (Å²) in [6.45, 7) is 4.65. The summed E-state index contributed by atoms with van der Waals surface area (Å²) in [5, 5.41) is 3.10. The Hall–Kier alpha value is -2.03. The van der Waals surface area contributed by atoms with Crippen molar-refractivity contribution in [2.45, 2.75) is 26.3 Å². The summed E-state index contributed by atoms with van der Waals surface area (Å²) in [4.78, 5) is 11.5. The minimum absolute atomic E-state index is 0. The number of nitrogens with zero attached hydrogens (tertiary/aromatic N) is 3. The fourth-order valence-corrected chi connectivity index (χ4v) is 2.93. The highest BCUT2D eigenvalue weighted by Gasteiger charge is 2.17. The van der Waals surface area contributed by atoms with Gasteiger partial charge in [0.1, 0.15) is 11.6 Å². The number of aryl methyl sites for hydroxylation is 1. The molecule has 2 aromatic rings. The molecule has 0 unspecified atom stereocenters. The van der Waals surface area contributed by atoms with Crippen molar-refractivity contribution in [1.29, 1.82) is 0 Å². The Balaban J connectivity index is 0.00000243. The fraction of sp³-hybridized carbons (Fsp3) is 0.368. The van der Waals surface area contributed by atoms with Gasteiger partial charge in [-0.3, -0.25) is 0 Å². The largest absolute Gasteiger partial charge is 0.497 e. The van der Waals surface area contributed by atoms with Crippen molar-refractivity contribution in [3.8, 4) is 5.75 Å². The zero-order valence-corrected chi connectivity index (χ0v) is 17.6. The van der Waals surface area contributed by atoms with Gasteiger partial charge in [0.25, 0.3) is 0 Å². The SMILES string of the molecule is COc1ccc(NC(N)=NCc2ccc(C)nc2N2CCCC2)cc1.I. The van der Waals surface area contributed by atoms with E-state index in [2.05, 4.69) is 21.3 Å². The minimum atomic E-state index is 0. The molecule has 1 saturated heterocycles. The first-order valence-electron chi connectivity index (χ1n) is 8.58. The van der Waals surface area contributed by atoms with Crippen LogP contribution in [0.15, 0.2) is 41.4 Å². The van der Waals surface area contributed by atoms with Crippen LogP contribution in [0.3, 0.4) is 0 Å². The van der Waals surface area contributed by atoms with Gasteiger partial charge in [0.2, 0.25) is 0 Å². The molecule has 2 heterocycles. The van der Waals surface area contributed by atoms with E-state index in [0.717, 1.165) is 41.6 Å². The Morgan fingerprint density at radius 2 is 1.88 bits per heavy atom. The maximum atomic E-state index is 6.03. The third kappa shape index (κ3) is 5.23. The molecule has 3 N–H and O–H groups in total. The molecule has 6 nitrogen and oxygen atoms in total. The van der Waals surface area contributed by atoms with Crippen LogP contribution in [-0.2, 0) is 6.54 Å². The van der Waals surface area contributed by atoms with E-state index in [1.807, 2.05) is 37.3 Å². The number of guanidine groups is 1. The number of nitrogens with two attached hydrogens (primary N) is 1. The van der Waals surface area contributed by atoms with Crippen LogP contribution < -0.4 is 20.7 Å². The van der Waals surface area contributed by atoms with E-state index in [-0.39, 0.29) is 24.0 Å². The van der Waals surface area contributed by atoms with Crippen molar-refractivity contribution < 1.29 is 4.74 Å². The number of anilines is 2. The summed E-state index contributed by atoms with van der Waals surface area (Å²) in [7, 11) is 1.64. The predicted molar refractivity (Wildman–Crippen MR) is 118 cm³/mol. The number of hydrogen-bond donors (Lipinski definition) is 2. The molecule has 1 aliphatic heterocycles. The Bertz CT molecular complexity index is 742. The van der Waals surface area contributed by atoms with Crippen LogP contribution in [0, 0.1) is 6.92 Å². The van der Waals surface area contributed by atoms with Crippen LogP contribution in [0.1, 0.15) is 24.1 Å². The molecule has 0 saturated carbocycles. The van der Waals surface area contributed by atoms with Gasteiger partial charge in [0, 0.05) is 30.0 Å². The maximum absolute atomic E-state index is 6.03. The van der Waals surface area contributed by atoms with Crippen LogP contribution in [-0.4, -0.2) is 31.1 Å². The van der Waals surface area contributed by atoms with Gasteiger partial charge in [0.15, 0.2) is 5.96 Å². The van der Waals surface area contributed by atoms with Crippen LogP contribution >= 0.6 is 24.0 Å². The molecule has 0 aliphatic carbocycles. The van der Waals surface area contributed by atoms with Crippen LogP contribution in [0.2, 0.25) is 0 Å². The molecule has 1 aromatic carbocycles. The molecule has 0 spiro atoms. The third-order valence-corrected chi connectivity index (χ3v) is 4.28. The van der Waals surface area contributed by atoms with Gasteiger partial charge in [-0.1, -0.05) is 6.07 Å². The van der Waals surface area contributed by atoms with Crippen molar-refractivity contribution in [2.24, 2.45) is 10.7 Å². The molecule has 7 heteroatoms. The Morgan fingerprint density at radius 3 is 2.54 bits per heavy atom. The summed E-state index contributed by atoms with van der Waals surface area (Å²) in [6.07, 6.45) is 2.44. The second kappa shape index (κ2) is 9.61. The molecule has 0 atom stereocenters. The first-order chi connectivity index (χ1) is 12.2. The maximum Gasteiger partial charge on any atom is 0.193 e.